The number of aliphatic hydroxyl groups is 2. The quantitative estimate of drug-likeness (QED) is 0.319. The molecule has 5 heteroatoms. The van der Waals surface area contributed by atoms with Gasteiger partial charge >= 0.3 is 5.97 Å². The van der Waals surface area contributed by atoms with Crippen molar-refractivity contribution < 1.29 is 24.5 Å². The number of carbonyl (C=O) groups is 1. The zero-order valence-electron chi connectivity index (χ0n) is 8.37. The smallest absolute Gasteiger partial charge is 0.338 e. The average molecular weight is 214 g/mol. The Morgan fingerprint density at radius 3 is 2.87 bits per heavy atom. The lowest BCUT2D eigenvalue weighted by Gasteiger charge is -2.19. The van der Waals surface area contributed by atoms with E-state index in [0.29, 0.717) is 0 Å². The van der Waals surface area contributed by atoms with E-state index in [4.69, 9.17) is 9.47 Å². The molecular formula is C10H14O5. The first kappa shape index (κ1) is 10.6. The second-order valence-corrected chi connectivity index (χ2v) is 3.95. The number of hydrogen-bond donors (Lipinski definition) is 2. The molecule has 0 unspecified atom stereocenters. The van der Waals surface area contributed by atoms with E-state index in [1.54, 1.807) is 13.0 Å². The van der Waals surface area contributed by atoms with Crippen LogP contribution in [0.15, 0.2) is 12.2 Å². The highest BCUT2D eigenvalue weighted by molar-refractivity contribution is 5.78. The zero-order valence-corrected chi connectivity index (χ0v) is 8.37. The minimum Gasteiger partial charge on any atom is -0.461 e. The Kier molecular flexibility index (Phi) is 2.77. The third-order valence-corrected chi connectivity index (χ3v) is 2.54. The number of epoxide rings is 1. The molecule has 0 amide bonds. The van der Waals surface area contributed by atoms with Crippen LogP contribution in [0.4, 0.5) is 0 Å². The van der Waals surface area contributed by atoms with Crippen molar-refractivity contribution in [3.05, 3.63) is 12.2 Å². The van der Waals surface area contributed by atoms with E-state index < -0.39 is 30.4 Å². The molecule has 84 valence electrons. The second kappa shape index (κ2) is 3.92. The SMILES string of the molecule is C[C@@H]1C[C@@H](O)[C@@H](O)/C=C/[C@@H]2O[C@@H]2C(=O)O1. The van der Waals surface area contributed by atoms with Gasteiger partial charge in [-0.25, -0.2) is 4.79 Å². The molecule has 0 aromatic heterocycles. The molecule has 0 aromatic rings. The second-order valence-electron chi connectivity index (χ2n) is 3.95. The lowest BCUT2D eigenvalue weighted by atomic mass is 10.1. The molecule has 2 rings (SSSR count). The van der Waals surface area contributed by atoms with Gasteiger partial charge < -0.3 is 19.7 Å². The summed E-state index contributed by atoms with van der Waals surface area (Å²) in [7, 11) is 0. The molecule has 5 atom stereocenters. The Labute approximate surface area is 87.3 Å². The van der Waals surface area contributed by atoms with Gasteiger partial charge in [0.15, 0.2) is 6.10 Å². The molecule has 0 bridgehead atoms. The number of cyclic esters (lactones) is 1. The molecule has 2 N–H and O–H groups in total. The normalized spacial score (nSPS) is 47.7. The Morgan fingerprint density at radius 1 is 1.40 bits per heavy atom. The third-order valence-electron chi connectivity index (χ3n) is 2.54. The van der Waals surface area contributed by atoms with E-state index in [2.05, 4.69) is 0 Å². The van der Waals surface area contributed by atoms with Crippen LogP contribution in [0, 0.1) is 0 Å². The fraction of sp³-hybridized carbons (Fsp3) is 0.700. The maximum Gasteiger partial charge on any atom is 0.338 e. The van der Waals surface area contributed by atoms with Gasteiger partial charge in [0.2, 0.25) is 0 Å². The summed E-state index contributed by atoms with van der Waals surface area (Å²) in [5, 5.41) is 19.0. The van der Waals surface area contributed by atoms with Crippen molar-refractivity contribution >= 4 is 5.97 Å². The van der Waals surface area contributed by atoms with Gasteiger partial charge in [0.05, 0.1) is 12.2 Å². The minimum absolute atomic E-state index is 0.217. The fourth-order valence-corrected chi connectivity index (χ4v) is 1.60. The van der Waals surface area contributed by atoms with E-state index in [9.17, 15) is 15.0 Å². The molecular weight excluding hydrogens is 200 g/mol. The summed E-state index contributed by atoms with van der Waals surface area (Å²) in [5.74, 6) is -0.402. The Hall–Kier alpha value is -0.910. The topological polar surface area (TPSA) is 79.3 Å². The van der Waals surface area contributed by atoms with Crippen LogP contribution < -0.4 is 0 Å². The first-order valence-corrected chi connectivity index (χ1v) is 4.98. The summed E-state index contributed by atoms with van der Waals surface area (Å²) in [6, 6.07) is 0. The number of rotatable bonds is 0. The predicted octanol–water partition coefficient (Wildman–Crippen LogP) is -0.633. The van der Waals surface area contributed by atoms with Gasteiger partial charge in [-0.1, -0.05) is 12.2 Å². The van der Waals surface area contributed by atoms with Crippen molar-refractivity contribution in [2.75, 3.05) is 0 Å². The summed E-state index contributed by atoms with van der Waals surface area (Å²) in [5.41, 5.74) is 0. The molecule has 0 aliphatic carbocycles. The van der Waals surface area contributed by atoms with Crippen molar-refractivity contribution in [1.82, 2.24) is 0 Å². The molecule has 15 heavy (non-hydrogen) atoms. The first-order valence-electron chi connectivity index (χ1n) is 4.98. The summed E-state index contributed by atoms with van der Waals surface area (Å²) in [6.45, 7) is 1.68. The molecule has 2 aliphatic heterocycles. The van der Waals surface area contributed by atoms with Gasteiger partial charge in [0, 0.05) is 6.42 Å². The van der Waals surface area contributed by atoms with Crippen molar-refractivity contribution in [3.8, 4) is 0 Å². The molecule has 5 nitrogen and oxygen atoms in total. The van der Waals surface area contributed by atoms with Gasteiger partial charge in [-0.3, -0.25) is 0 Å². The van der Waals surface area contributed by atoms with Gasteiger partial charge in [0.1, 0.15) is 12.2 Å². The van der Waals surface area contributed by atoms with Gasteiger partial charge in [-0.05, 0) is 6.92 Å². The summed E-state index contributed by atoms with van der Waals surface area (Å²) in [6.07, 6.45) is 0.133. The van der Waals surface area contributed by atoms with Crippen LogP contribution >= 0.6 is 0 Å². The number of fused-ring (bicyclic) bond motifs is 1. The predicted molar refractivity (Wildman–Crippen MR) is 50.0 cm³/mol. The maximum atomic E-state index is 11.3. The highest BCUT2D eigenvalue weighted by Crippen LogP contribution is 2.27. The van der Waals surface area contributed by atoms with Crippen LogP contribution in [0.25, 0.3) is 0 Å². The standard InChI is InChI=1S/C10H14O5/c1-5-4-7(12)6(11)2-3-8-9(15-8)10(13)14-5/h2-3,5-9,11-12H,4H2,1H3/b3-2+/t5-,6+,7-,8+,9+/m1/s1. The number of esters is 1. The van der Waals surface area contributed by atoms with E-state index in [-0.39, 0.29) is 12.5 Å². The highest BCUT2D eigenvalue weighted by atomic mass is 16.6. The Morgan fingerprint density at radius 2 is 2.13 bits per heavy atom. The maximum absolute atomic E-state index is 11.3. The number of aliphatic hydroxyl groups excluding tert-OH is 2. The van der Waals surface area contributed by atoms with Crippen LogP contribution in [-0.2, 0) is 14.3 Å². The number of hydrogen-bond acceptors (Lipinski definition) is 5. The van der Waals surface area contributed by atoms with Crippen molar-refractivity contribution in [2.45, 2.75) is 43.9 Å². The fourth-order valence-electron chi connectivity index (χ4n) is 1.60. The van der Waals surface area contributed by atoms with Crippen LogP contribution in [0.5, 0.6) is 0 Å². The average Bonchev–Trinajstić information content (AvgIpc) is 2.91. The van der Waals surface area contributed by atoms with Crippen molar-refractivity contribution in [1.29, 1.82) is 0 Å². The molecule has 2 aliphatic rings. The number of ether oxygens (including phenoxy) is 2. The Balaban J connectivity index is 2.09. The summed E-state index contributed by atoms with van der Waals surface area (Å²) in [4.78, 5) is 11.3. The van der Waals surface area contributed by atoms with Crippen LogP contribution in [0.2, 0.25) is 0 Å². The van der Waals surface area contributed by atoms with E-state index in [1.807, 2.05) is 0 Å². The molecule has 0 saturated carbocycles. The van der Waals surface area contributed by atoms with Crippen LogP contribution in [0.3, 0.4) is 0 Å². The van der Waals surface area contributed by atoms with E-state index in [1.165, 1.54) is 6.08 Å². The molecule has 0 radical (unpaired) electrons. The molecule has 1 saturated heterocycles. The van der Waals surface area contributed by atoms with Crippen molar-refractivity contribution in [3.63, 3.8) is 0 Å². The molecule has 0 aromatic carbocycles. The summed E-state index contributed by atoms with van der Waals surface area (Å²) < 4.78 is 10.1. The largest absolute Gasteiger partial charge is 0.461 e. The zero-order chi connectivity index (χ0) is 11.0. The van der Waals surface area contributed by atoms with E-state index >= 15 is 0 Å². The third kappa shape index (κ3) is 2.37. The molecule has 0 spiro atoms. The minimum atomic E-state index is -0.936. The monoisotopic (exact) mass is 214 g/mol. The molecule has 2 heterocycles. The lowest BCUT2D eigenvalue weighted by molar-refractivity contribution is -0.151. The van der Waals surface area contributed by atoms with Crippen molar-refractivity contribution in [2.24, 2.45) is 0 Å². The lowest BCUT2D eigenvalue weighted by Crippen LogP contribution is -2.31. The molecule has 1 fully saturated rings. The Bertz CT molecular complexity index is 288. The van der Waals surface area contributed by atoms with Gasteiger partial charge in [-0.2, -0.15) is 0 Å². The van der Waals surface area contributed by atoms with Crippen LogP contribution in [-0.4, -0.2) is 46.7 Å². The van der Waals surface area contributed by atoms with E-state index in [0.717, 1.165) is 0 Å². The van der Waals surface area contributed by atoms with Crippen LogP contribution in [0.1, 0.15) is 13.3 Å². The number of carbonyl (C=O) groups excluding carboxylic acids is 1. The summed E-state index contributed by atoms with van der Waals surface area (Å²) >= 11 is 0. The first-order chi connectivity index (χ1) is 7.08. The highest BCUT2D eigenvalue weighted by Gasteiger charge is 2.45. The van der Waals surface area contributed by atoms with Gasteiger partial charge in [-0.15, -0.1) is 0 Å². The van der Waals surface area contributed by atoms with Gasteiger partial charge in [0.25, 0.3) is 0 Å².